The second kappa shape index (κ2) is 11.4. The first-order valence-corrected chi connectivity index (χ1v) is 13.1. The van der Waals surface area contributed by atoms with Gasteiger partial charge in [-0.15, -0.1) is 0 Å². The molecule has 0 spiro atoms. The standard InChI is InChI=1S/C31H28F3N5O2/c1-20-27(21-8-10-22(11-9-21)30(41)38(2)28-7-3-4-12-35-28)18-25(19-36-20)37-29(40)23-15-24(31(32,33)34)17-26(16-23)39-13-5-6-14-39/h3-4,7-12,15-19H,5-6,13-14H2,1-2H3,(H,37,40). The number of aryl methyl sites for hydroxylation is 1. The summed E-state index contributed by atoms with van der Waals surface area (Å²) in [4.78, 5) is 37.9. The van der Waals surface area contributed by atoms with E-state index in [1.165, 1.54) is 17.2 Å². The molecule has 0 atom stereocenters. The third kappa shape index (κ3) is 6.21. The van der Waals surface area contributed by atoms with Crippen LogP contribution in [0.25, 0.3) is 11.1 Å². The van der Waals surface area contributed by atoms with E-state index < -0.39 is 17.6 Å². The van der Waals surface area contributed by atoms with Gasteiger partial charge in [0.15, 0.2) is 0 Å². The minimum Gasteiger partial charge on any atom is -0.372 e. The van der Waals surface area contributed by atoms with Crippen LogP contribution in [0.1, 0.15) is 44.8 Å². The van der Waals surface area contributed by atoms with Gasteiger partial charge in [0.25, 0.3) is 11.8 Å². The van der Waals surface area contributed by atoms with Gasteiger partial charge in [-0.25, -0.2) is 4.98 Å². The van der Waals surface area contributed by atoms with Gasteiger partial charge < -0.3 is 10.2 Å². The van der Waals surface area contributed by atoms with Crippen molar-refractivity contribution < 1.29 is 22.8 Å². The van der Waals surface area contributed by atoms with Crippen LogP contribution in [0.4, 0.5) is 30.4 Å². The van der Waals surface area contributed by atoms with Gasteiger partial charge in [-0.2, -0.15) is 13.2 Å². The number of anilines is 3. The number of pyridine rings is 2. The molecule has 0 radical (unpaired) electrons. The molecule has 1 fully saturated rings. The van der Waals surface area contributed by atoms with Crippen molar-refractivity contribution in [1.82, 2.24) is 9.97 Å². The molecule has 41 heavy (non-hydrogen) atoms. The van der Waals surface area contributed by atoms with Crippen molar-refractivity contribution >= 4 is 29.0 Å². The molecule has 1 aliphatic heterocycles. The van der Waals surface area contributed by atoms with Crippen LogP contribution in [0, 0.1) is 6.92 Å². The van der Waals surface area contributed by atoms with Gasteiger partial charge in [-0.05, 0) is 73.9 Å². The fraction of sp³-hybridized carbons (Fsp3) is 0.226. The Morgan fingerprint density at radius 3 is 2.32 bits per heavy atom. The zero-order chi connectivity index (χ0) is 29.1. The van der Waals surface area contributed by atoms with Gasteiger partial charge in [0.2, 0.25) is 0 Å². The lowest BCUT2D eigenvalue weighted by atomic mass is 10.0. The molecule has 2 amide bonds. The summed E-state index contributed by atoms with van der Waals surface area (Å²) in [7, 11) is 1.65. The summed E-state index contributed by atoms with van der Waals surface area (Å²) >= 11 is 0. The lowest BCUT2D eigenvalue weighted by Gasteiger charge is -2.20. The molecule has 7 nitrogen and oxygen atoms in total. The van der Waals surface area contributed by atoms with Crippen LogP contribution in [0.5, 0.6) is 0 Å². The number of aromatic nitrogens is 2. The third-order valence-corrected chi connectivity index (χ3v) is 7.06. The zero-order valence-corrected chi connectivity index (χ0v) is 22.6. The Hall–Kier alpha value is -4.73. The smallest absolute Gasteiger partial charge is 0.372 e. The molecule has 210 valence electrons. The van der Waals surface area contributed by atoms with E-state index in [-0.39, 0.29) is 11.5 Å². The van der Waals surface area contributed by atoms with Crippen molar-refractivity contribution in [1.29, 1.82) is 0 Å². The van der Waals surface area contributed by atoms with Gasteiger partial charge in [0.05, 0.1) is 17.4 Å². The maximum Gasteiger partial charge on any atom is 0.416 e. The van der Waals surface area contributed by atoms with Crippen molar-refractivity contribution in [2.24, 2.45) is 0 Å². The summed E-state index contributed by atoms with van der Waals surface area (Å²) in [6, 6.07) is 17.5. The second-order valence-electron chi connectivity index (χ2n) is 9.90. The maximum absolute atomic E-state index is 13.6. The quantitative estimate of drug-likeness (QED) is 0.288. The van der Waals surface area contributed by atoms with Crippen LogP contribution in [-0.2, 0) is 6.18 Å². The van der Waals surface area contributed by atoms with Crippen molar-refractivity contribution in [2.45, 2.75) is 25.9 Å². The summed E-state index contributed by atoms with van der Waals surface area (Å²) in [5.41, 5.74) is 2.40. The van der Waals surface area contributed by atoms with Gasteiger partial charge in [0, 0.05) is 54.4 Å². The van der Waals surface area contributed by atoms with Crippen molar-refractivity contribution in [2.75, 3.05) is 35.3 Å². The van der Waals surface area contributed by atoms with Crippen molar-refractivity contribution in [3.05, 3.63) is 102 Å². The molecule has 0 aliphatic carbocycles. The first-order chi connectivity index (χ1) is 19.6. The van der Waals surface area contributed by atoms with Crippen LogP contribution in [0.15, 0.2) is 79.1 Å². The average Bonchev–Trinajstić information content (AvgIpc) is 3.53. The predicted octanol–water partition coefficient (Wildman–Crippen LogP) is 6.60. The number of halogens is 3. The van der Waals surface area contributed by atoms with Crippen LogP contribution in [-0.4, -0.2) is 41.9 Å². The van der Waals surface area contributed by atoms with E-state index in [0.717, 1.165) is 30.5 Å². The van der Waals surface area contributed by atoms with Crippen molar-refractivity contribution in [3.8, 4) is 11.1 Å². The molecule has 0 saturated carbocycles. The third-order valence-electron chi connectivity index (χ3n) is 7.06. The molecule has 3 heterocycles. The predicted molar refractivity (Wildman–Crippen MR) is 152 cm³/mol. The maximum atomic E-state index is 13.6. The topological polar surface area (TPSA) is 78.4 Å². The number of benzene rings is 2. The van der Waals surface area contributed by atoms with E-state index in [9.17, 15) is 22.8 Å². The van der Waals surface area contributed by atoms with Crippen LogP contribution in [0.3, 0.4) is 0 Å². The van der Waals surface area contributed by atoms with E-state index in [0.29, 0.717) is 47.1 Å². The average molecular weight is 560 g/mol. The number of nitrogens with zero attached hydrogens (tertiary/aromatic N) is 4. The van der Waals surface area contributed by atoms with Gasteiger partial charge in [-0.1, -0.05) is 18.2 Å². The number of hydrogen-bond acceptors (Lipinski definition) is 5. The molecule has 2 aromatic carbocycles. The monoisotopic (exact) mass is 559 g/mol. The number of hydrogen-bond donors (Lipinski definition) is 1. The molecule has 1 saturated heterocycles. The van der Waals surface area contributed by atoms with Gasteiger partial charge >= 0.3 is 6.18 Å². The van der Waals surface area contributed by atoms with E-state index in [1.807, 2.05) is 11.8 Å². The fourth-order valence-electron chi connectivity index (χ4n) is 4.80. The first kappa shape index (κ1) is 27.8. The highest BCUT2D eigenvalue weighted by Crippen LogP contribution is 2.34. The first-order valence-electron chi connectivity index (χ1n) is 13.1. The van der Waals surface area contributed by atoms with E-state index in [1.54, 1.807) is 61.8 Å². The summed E-state index contributed by atoms with van der Waals surface area (Å²) < 4.78 is 40.9. The number of rotatable bonds is 6. The fourth-order valence-corrected chi connectivity index (χ4v) is 4.80. The van der Waals surface area contributed by atoms with E-state index in [4.69, 9.17) is 0 Å². The SMILES string of the molecule is Cc1ncc(NC(=O)c2cc(N3CCCC3)cc(C(F)(F)F)c2)cc1-c1ccc(C(=O)N(C)c2ccccn2)cc1. The Bertz CT molecular complexity index is 1570. The molecule has 4 aromatic rings. The number of alkyl halides is 3. The summed E-state index contributed by atoms with van der Waals surface area (Å²) in [5, 5.41) is 2.70. The highest BCUT2D eigenvalue weighted by molar-refractivity contribution is 6.06. The second-order valence-corrected chi connectivity index (χ2v) is 9.90. The molecule has 1 aliphatic rings. The number of nitrogens with one attached hydrogen (secondary N) is 1. The van der Waals surface area contributed by atoms with E-state index in [2.05, 4.69) is 15.3 Å². The van der Waals surface area contributed by atoms with E-state index >= 15 is 0 Å². The number of carbonyl (C=O) groups excluding carboxylic acids is 2. The van der Waals surface area contributed by atoms with Crippen LogP contribution < -0.4 is 15.1 Å². The minimum absolute atomic E-state index is 0.0799. The summed E-state index contributed by atoms with van der Waals surface area (Å²) in [6.07, 6.45) is 0.287. The van der Waals surface area contributed by atoms with Gasteiger partial charge in [0.1, 0.15) is 5.82 Å². The Morgan fingerprint density at radius 2 is 1.66 bits per heavy atom. The van der Waals surface area contributed by atoms with Gasteiger partial charge in [-0.3, -0.25) is 19.5 Å². The normalized spacial score (nSPS) is 13.2. The lowest BCUT2D eigenvalue weighted by Crippen LogP contribution is -2.26. The lowest BCUT2D eigenvalue weighted by molar-refractivity contribution is -0.137. The van der Waals surface area contributed by atoms with Crippen LogP contribution in [0.2, 0.25) is 0 Å². The Labute approximate surface area is 235 Å². The molecule has 2 aromatic heterocycles. The molecular formula is C31H28F3N5O2. The molecular weight excluding hydrogens is 531 g/mol. The highest BCUT2D eigenvalue weighted by atomic mass is 19.4. The Morgan fingerprint density at radius 1 is 0.927 bits per heavy atom. The molecule has 10 heteroatoms. The van der Waals surface area contributed by atoms with Crippen LogP contribution >= 0.6 is 0 Å². The number of carbonyl (C=O) groups is 2. The number of amides is 2. The Balaban J connectivity index is 1.37. The summed E-state index contributed by atoms with van der Waals surface area (Å²) in [6.45, 7) is 3.11. The zero-order valence-electron chi connectivity index (χ0n) is 22.6. The largest absolute Gasteiger partial charge is 0.416 e. The molecule has 5 rings (SSSR count). The molecule has 1 N–H and O–H groups in total. The molecule has 0 bridgehead atoms. The molecule has 0 unspecified atom stereocenters. The highest BCUT2D eigenvalue weighted by Gasteiger charge is 2.32. The van der Waals surface area contributed by atoms with Crippen molar-refractivity contribution in [3.63, 3.8) is 0 Å². The Kier molecular flexibility index (Phi) is 7.74. The summed E-state index contributed by atoms with van der Waals surface area (Å²) in [5.74, 6) is -0.356. The minimum atomic E-state index is -4.58.